The number of rotatable bonds is 5. The summed E-state index contributed by atoms with van der Waals surface area (Å²) in [5, 5.41) is 2.84. The lowest BCUT2D eigenvalue weighted by Crippen LogP contribution is -2.41. The quantitative estimate of drug-likeness (QED) is 0.848. The first-order valence-electron chi connectivity index (χ1n) is 5.99. The Bertz CT molecular complexity index is 395. The first kappa shape index (κ1) is 15.0. The average molecular weight is 314 g/mol. The Balaban J connectivity index is 2.40. The van der Waals surface area contributed by atoms with Crippen molar-refractivity contribution in [3.63, 3.8) is 0 Å². The lowest BCUT2D eigenvalue weighted by Gasteiger charge is -2.19. The average Bonchev–Trinajstić information content (AvgIpc) is 2.28. The third-order valence-electron chi connectivity index (χ3n) is 2.45. The highest BCUT2D eigenvalue weighted by Crippen LogP contribution is 2.16. The van der Waals surface area contributed by atoms with E-state index in [1.807, 2.05) is 52.0 Å². The van der Waals surface area contributed by atoms with Crippen molar-refractivity contribution >= 4 is 21.8 Å². The number of ether oxygens (including phenoxy) is 1. The first-order chi connectivity index (χ1) is 8.29. The molecule has 1 aromatic carbocycles. The van der Waals surface area contributed by atoms with Crippen molar-refractivity contribution in [2.45, 2.75) is 38.1 Å². The van der Waals surface area contributed by atoms with Crippen molar-refractivity contribution in [3.8, 4) is 5.75 Å². The zero-order valence-corrected chi connectivity index (χ0v) is 12.9. The van der Waals surface area contributed by atoms with E-state index in [0.717, 1.165) is 5.75 Å². The van der Waals surface area contributed by atoms with E-state index in [0.29, 0.717) is 6.54 Å². The van der Waals surface area contributed by atoms with E-state index in [-0.39, 0.29) is 12.0 Å². The van der Waals surface area contributed by atoms with Crippen molar-refractivity contribution in [2.24, 2.45) is 0 Å². The fraction of sp³-hybridized carbons (Fsp3) is 0.500. The second-order valence-corrected chi connectivity index (χ2v) is 6.91. The van der Waals surface area contributed by atoms with Crippen LogP contribution in [0.25, 0.3) is 0 Å². The molecule has 0 fully saturated rings. The number of carbonyl (C=O) groups excluding carboxylic acids is 1. The summed E-state index contributed by atoms with van der Waals surface area (Å²) in [5.41, 5.74) is 1.20. The van der Waals surface area contributed by atoms with Crippen LogP contribution in [0.2, 0.25) is 0 Å². The molecule has 1 amide bonds. The van der Waals surface area contributed by atoms with Gasteiger partial charge in [-0.05, 0) is 39.8 Å². The van der Waals surface area contributed by atoms with Crippen LogP contribution >= 0.6 is 15.9 Å². The second-order valence-electron chi connectivity index (χ2n) is 4.92. The molecule has 1 aromatic rings. The third-order valence-corrected chi connectivity index (χ3v) is 2.81. The van der Waals surface area contributed by atoms with Gasteiger partial charge in [0.25, 0.3) is 0 Å². The number of hydrogen-bond acceptors (Lipinski definition) is 2. The fourth-order valence-corrected chi connectivity index (χ4v) is 1.48. The molecule has 3 nitrogen and oxygen atoms in total. The van der Waals surface area contributed by atoms with Crippen LogP contribution in [-0.4, -0.2) is 22.9 Å². The van der Waals surface area contributed by atoms with E-state index >= 15 is 0 Å². The molecule has 1 unspecified atom stereocenters. The largest absolute Gasteiger partial charge is 0.489 e. The van der Waals surface area contributed by atoms with Crippen molar-refractivity contribution in [3.05, 3.63) is 29.8 Å². The van der Waals surface area contributed by atoms with Gasteiger partial charge in [-0.1, -0.05) is 33.6 Å². The highest BCUT2D eigenvalue weighted by atomic mass is 79.9. The summed E-state index contributed by atoms with van der Waals surface area (Å²) in [6, 6.07) is 7.87. The Morgan fingerprint density at radius 1 is 1.39 bits per heavy atom. The van der Waals surface area contributed by atoms with Crippen LogP contribution in [0.5, 0.6) is 5.75 Å². The number of carbonyl (C=O) groups is 1. The maximum Gasteiger partial charge on any atom is 0.236 e. The SMILES string of the molecule is Cc1ccc(OC(C)CNC(=O)C(C)(C)Br)cc1. The number of nitrogens with one attached hydrogen (secondary N) is 1. The molecular weight excluding hydrogens is 294 g/mol. The van der Waals surface area contributed by atoms with Gasteiger partial charge in [0.05, 0.1) is 10.9 Å². The molecule has 0 aliphatic heterocycles. The minimum atomic E-state index is -0.545. The standard InChI is InChI=1S/C14H20BrNO2/c1-10-5-7-12(8-6-10)18-11(2)9-16-13(17)14(3,4)15/h5-8,11H,9H2,1-4H3,(H,16,17). The first-order valence-corrected chi connectivity index (χ1v) is 6.79. The summed E-state index contributed by atoms with van der Waals surface area (Å²) in [6.07, 6.45) is -0.0634. The molecule has 18 heavy (non-hydrogen) atoms. The zero-order chi connectivity index (χ0) is 13.8. The van der Waals surface area contributed by atoms with Gasteiger partial charge in [0, 0.05) is 0 Å². The predicted octanol–water partition coefficient (Wildman–Crippen LogP) is 3.05. The van der Waals surface area contributed by atoms with Gasteiger partial charge in [-0.15, -0.1) is 0 Å². The lowest BCUT2D eigenvalue weighted by molar-refractivity contribution is -0.122. The molecule has 0 aliphatic carbocycles. The van der Waals surface area contributed by atoms with E-state index in [1.165, 1.54) is 5.56 Å². The number of benzene rings is 1. The molecule has 0 radical (unpaired) electrons. The molecule has 0 bridgehead atoms. The Kier molecular flexibility index (Phi) is 5.20. The minimum absolute atomic E-state index is 0.0399. The van der Waals surface area contributed by atoms with Crippen LogP contribution in [0.3, 0.4) is 0 Å². The van der Waals surface area contributed by atoms with Crippen molar-refractivity contribution < 1.29 is 9.53 Å². The number of hydrogen-bond donors (Lipinski definition) is 1. The number of alkyl halides is 1. The van der Waals surface area contributed by atoms with E-state index in [9.17, 15) is 4.79 Å². The Morgan fingerprint density at radius 2 is 1.94 bits per heavy atom. The van der Waals surface area contributed by atoms with E-state index in [4.69, 9.17) is 4.74 Å². The van der Waals surface area contributed by atoms with Crippen molar-refractivity contribution in [2.75, 3.05) is 6.54 Å². The van der Waals surface area contributed by atoms with Crippen molar-refractivity contribution in [1.82, 2.24) is 5.32 Å². The monoisotopic (exact) mass is 313 g/mol. The second kappa shape index (κ2) is 6.23. The molecule has 1 N–H and O–H groups in total. The van der Waals surface area contributed by atoms with Gasteiger partial charge in [-0.3, -0.25) is 4.79 Å². The summed E-state index contributed by atoms with van der Waals surface area (Å²) in [6.45, 7) is 8.08. The van der Waals surface area contributed by atoms with Gasteiger partial charge in [0.15, 0.2) is 0 Å². The molecule has 0 heterocycles. The molecule has 0 spiro atoms. The Morgan fingerprint density at radius 3 is 2.44 bits per heavy atom. The van der Waals surface area contributed by atoms with Gasteiger partial charge in [-0.25, -0.2) is 0 Å². The normalized spacial score (nSPS) is 12.9. The molecule has 1 rings (SSSR count). The van der Waals surface area contributed by atoms with Gasteiger partial charge in [0.1, 0.15) is 11.9 Å². The molecular formula is C14H20BrNO2. The van der Waals surface area contributed by atoms with Gasteiger partial charge in [-0.2, -0.15) is 0 Å². The lowest BCUT2D eigenvalue weighted by atomic mass is 10.2. The number of aryl methyl sites for hydroxylation is 1. The van der Waals surface area contributed by atoms with Crippen LogP contribution in [-0.2, 0) is 4.79 Å². The molecule has 4 heteroatoms. The number of halogens is 1. The molecule has 0 saturated carbocycles. The zero-order valence-electron chi connectivity index (χ0n) is 11.3. The molecule has 100 valence electrons. The van der Waals surface area contributed by atoms with E-state index in [2.05, 4.69) is 21.2 Å². The maximum absolute atomic E-state index is 11.7. The smallest absolute Gasteiger partial charge is 0.236 e. The van der Waals surface area contributed by atoms with Crippen LogP contribution in [0.15, 0.2) is 24.3 Å². The van der Waals surface area contributed by atoms with Crippen LogP contribution in [0, 0.1) is 6.92 Å². The molecule has 0 saturated heterocycles. The summed E-state index contributed by atoms with van der Waals surface area (Å²) in [5.74, 6) is 0.780. The summed E-state index contributed by atoms with van der Waals surface area (Å²) in [4.78, 5) is 11.7. The predicted molar refractivity (Wildman–Crippen MR) is 77.3 cm³/mol. The third kappa shape index (κ3) is 5.08. The molecule has 0 aromatic heterocycles. The summed E-state index contributed by atoms with van der Waals surface area (Å²) >= 11 is 3.32. The van der Waals surface area contributed by atoms with Gasteiger partial charge in [0.2, 0.25) is 5.91 Å². The van der Waals surface area contributed by atoms with Crippen molar-refractivity contribution in [1.29, 1.82) is 0 Å². The number of amides is 1. The van der Waals surface area contributed by atoms with Crippen LogP contribution in [0.4, 0.5) is 0 Å². The summed E-state index contributed by atoms with van der Waals surface area (Å²) < 4.78 is 5.16. The summed E-state index contributed by atoms with van der Waals surface area (Å²) in [7, 11) is 0. The van der Waals surface area contributed by atoms with Crippen LogP contribution < -0.4 is 10.1 Å². The Hall–Kier alpha value is -1.03. The van der Waals surface area contributed by atoms with Gasteiger partial charge >= 0.3 is 0 Å². The molecule has 0 aliphatic rings. The topological polar surface area (TPSA) is 38.3 Å². The highest BCUT2D eigenvalue weighted by molar-refractivity contribution is 9.10. The van der Waals surface area contributed by atoms with Gasteiger partial charge < -0.3 is 10.1 Å². The highest BCUT2D eigenvalue weighted by Gasteiger charge is 2.23. The minimum Gasteiger partial charge on any atom is -0.489 e. The molecule has 1 atom stereocenters. The maximum atomic E-state index is 11.7. The van der Waals surface area contributed by atoms with E-state index in [1.54, 1.807) is 0 Å². The van der Waals surface area contributed by atoms with Crippen LogP contribution in [0.1, 0.15) is 26.3 Å². The Labute approximate surface area is 117 Å². The fourth-order valence-electron chi connectivity index (χ4n) is 1.34. The van der Waals surface area contributed by atoms with E-state index < -0.39 is 4.32 Å².